The van der Waals surface area contributed by atoms with E-state index in [4.69, 9.17) is 5.11 Å². The molecule has 2 aromatic rings. The van der Waals surface area contributed by atoms with Gasteiger partial charge in [0.25, 0.3) is 0 Å². The van der Waals surface area contributed by atoms with Gasteiger partial charge in [-0.05, 0) is 6.92 Å². The van der Waals surface area contributed by atoms with E-state index in [1.807, 2.05) is 13.1 Å². The molecule has 7 heteroatoms. The van der Waals surface area contributed by atoms with Gasteiger partial charge in [-0.3, -0.25) is 0 Å². The Morgan fingerprint density at radius 3 is 3.18 bits per heavy atom. The number of aromatic nitrogens is 5. The second kappa shape index (κ2) is 5.55. The molecule has 2 rings (SSSR count). The highest BCUT2D eigenvalue weighted by Crippen LogP contribution is 2.06. The summed E-state index contributed by atoms with van der Waals surface area (Å²) >= 11 is 0. The maximum atomic E-state index is 8.76. The van der Waals surface area contributed by atoms with Crippen LogP contribution in [0.4, 0.5) is 0 Å². The first-order valence-corrected chi connectivity index (χ1v) is 5.52. The summed E-state index contributed by atoms with van der Waals surface area (Å²) in [6, 6.07) is 0.132. The number of hydrogen-bond acceptors (Lipinski definition) is 5. The summed E-state index contributed by atoms with van der Waals surface area (Å²) in [5.41, 5.74) is 0.844. The lowest BCUT2D eigenvalue weighted by Gasteiger charge is -2.09. The van der Waals surface area contributed by atoms with Crippen LogP contribution in [0.3, 0.4) is 0 Å². The van der Waals surface area contributed by atoms with Gasteiger partial charge in [0, 0.05) is 25.1 Å². The third-order valence-electron chi connectivity index (χ3n) is 2.43. The summed E-state index contributed by atoms with van der Waals surface area (Å²) in [4.78, 5) is 7.22. The molecule has 0 amide bonds. The number of nitrogens with one attached hydrogen (secondary N) is 2. The van der Waals surface area contributed by atoms with Crippen molar-refractivity contribution in [2.75, 3.05) is 6.61 Å². The quantitative estimate of drug-likeness (QED) is 0.648. The minimum Gasteiger partial charge on any atom is -0.394 e. The Kier molecular flexibility index (Phi) is 3.84. The van der Waals surface area contributed by atoms with Crippen LogP contribution in [0.1, 0.15) is 24.5 Å². The Morgan fingerprint density at radius 1 is 1.59 bits per heavy atom. The van der Waals surface area contributed by atoms with Crippen molar-refractivity contribution in [3.63, 3.8) is 0 Å². The smallest absolute Gasteiger partial charge is 0.122 e. The minimum atomic E-state index is 0.0685. The number of rotatable bonds is 6. The van der Waals surface area contributed by atoms with Crippen molar-refractivity contribution in [1.29, 1.82) is 0 Å². The third-order valence-corrected chi connectivity index (χ3v) is 2.43. The summed E-state index contributed by atoms with van der Waals surface area (Å²) in [6.07, 6.45) is 5.34. The molecule has 0 spiro atoms. The van der Waals surface area contributed by atoms with Crippen LogP contribution in [-0.2, 0) is 13.1 Å². The maximum Gasteiger partial charge on any atom is 0.122 e. The molecule has 0 saturated carbocycles. The standard InChI is InChI=1S/C10H16N6O/c1-8(10-11-2-3-12-10)13-6-9-7-16(4-5-17)15-14-9/h2-3,7-8,13,17H,4-6H2,1H3,(H,11,12). The van der Waals surface area contributed by atoms with E-state index in [1.165, 1.54) is 0 Å². The lowest BCUT2D eigenvalue weighted by atomic mass is 10.3. The molecule has 17 heavy (non-hydrogen) atoms. The highest BCUT2D eigenvalue weighted by atomic mass is 16.3. The summed E-state index contributed by atoms with van der Waals surface area (Å²) in [6.45, 7) is 3.18. The first-order valence-electron chi connectivity index (χ1n) is 5.52. The molecule has 0 aromatic carbocycles. The Balaban J connectivity index is 1.84. The van der Waals surface area contributed by atoms with Crippen molar-refractivity contribution in [3.05, 3.63) is 30.1 Å². The van der Waals surface area contributed by atoms with Crippen molar-refractivity contribution in [2.45, 2.75) is 26.1 Å². The van der Waals surface area contributed by atoms with Gasteiger partial charge in [0.15, 0.2) is 0 Å². The molecule has 1 unspecified atom stereocenters. The summed E-state index contributed by atoms with van der Waals surface area (Å²) in [5, 5.41) is 19.9. The van der Waals surface area contributed by atoms with Crippen LogP contribution >= 0.6 is 0 Å². The molecule has 2 heterocycles. The summed E-state index contributed by atoms with van der Waals surface area (Å²) in [7, 11) is 0. The van der Waals surface area contributed by atoms with Gasteiger partial charge in [-0.25, -0.2) is 9.67 Å². The van der Waals surface area contributed by atoms with E-state index >= 15 is 0 Å². The number of aliphatic hydroxyl groups excluding tert-OH is 1. The van der Waals surface area contributed by atoms with Gasteiger partial charge in [-0.15, -0.1) is 5.10 Å². The molecular weight excluding hydrogens is 220 g/mol. The van der Waals surface area contributed by atoms with Gasteiger partial charge in [-0.2, -0.15) is 0 Å². The molecule has 0 aliphatic rings. The lowest BCUT2D eigenvalue weighted by Crippen LogP contribution is -2.19. The van der Waals surface area contributed by atoms with Crippen molar-refractivity contribution in [1.82, 2.24) is 30.3 Å². The molecule has 92 valence electrons. The highest BCUT2D eigenvalue weighted by molar-refractivity contribution is 4.97. The predicted molar refractivity (Wildman–Crippen MR) is 61.0 cm³/mol. The van der Waals surface area contributed by atoms with E-state index in [1.54, 1.807) is 17.1 Å². The number of hydrogen-bond donors (Lipinski definition) is 3. The largest absolute Gasteiger partial charge is 0.394 e. The molecule has 0 fully saturated rings. The number of aliphatic hydroxyl groups is 1. The third kappa shape index (κ3) is 3.11. The van der Waals surface area contributed by atoms with Crippen LogP contribution in [0.25, 0.3) is 0 Å². The van der Waals surface area contributed by atoms with Crippen molar-refractivity contribution in [2.24, 2.45) is 0 Å². The molecular formula is C10H16N6O. The van der Waals surface area contributed by atoms with E-state index < -0.39 is 0 Å². The van der Waals surface area contributed by atoms with Gasteiger partial charge < -0.3 is 15.4 Å². The Hall–Kier alpha value is -1.73. The van der Waals surface area contributed by atoms with Crippen LogP contribution in [0.2, 0.25) is 0 Å². The van der Waals surface area contributed by atoms with Crippen LogP contribution in [0, 0.1) is 0 Å². The first-order chi connectivity index (χ1) is 8.29. The van der Waals surface area contributed by atoms with Crippen LogP contribution in [-0.4, -0.2) is 36.7 Å². The molecule has 7 nitrogen and oxygen atoms in total. The maximum absolute atomic E-state index is 8.76. The zero-order chi connectivity index (χ0) is 12.1. The monoisotopic (exact) mass is 236 g/mol. The number of aromatic amines is 1. The fraction of sp³-hybridized carbons (Fsp3) is 0.500. The molecule has 2 aromatic heterocycles. The fourth-order valence-electron chi connectivity index (χ4n) is 1.50. The Bertz CT molecular complexity index is 437. The number of nitrogens with zero attached hydrogens (tertiary/aromatic N) is 4. The lowest BCUT2D eigenvalue weighted by molar-refractivity contribution is 0.268. The topological polar surface area (TPSA) is 91.7 Å². The average molecular weight is 236 g/mol. The molecule has 0 aliphatic heterocycles. The van der Waals surface area contributed by atoms with Crippen LogP contribution < -0.4 is 5.32 Å². The molecule has 0 aliphatic carbocycles. The molecule has 3 N–H and O–H groups in total. The molecule has 0 bridgehead atoms. The summed E-state index contributed by atoms with van der Waals surface area (Å²) < 4.78 is 1.62. The van der Waals surface area contributed by atoms with Crippen LogP contribution in [0.5, 0.6) is 0 Å². The first kappa shape index (κ1) is 11.7. The predicted octanol–water partition coefficient (Wildman–Crippen LogP) is -0.156. The normalized spacial score (nSPS) is 12.8. The van der Waals surface area contributed by atoms with Gasteiger partial charge >= 0.3 is 0 Å². The summed E-state index contributed by atoms with van der Waals surface area (Å²) in [5.74, 6) is 0.896. The zero-order valence-corrected chi connectivity index (χ0v) is 9.67. The van der Waals surface area contributed by atoms with Gasteiger partial charge in [0.2, 0.25) is 0 Å². The fourth-order valence-corrected chi connectivity index (χ4v) is 1.50. The Labute approximate surface area is 98.9 Å². The van der Waals surface area contributed by atoms with Crippen molar-refractivity contribution < 1.29 is 5.11 Å². The van der Waals surface area contributed by atoms with Crippen molar-refractivity contribution >= 4 is 0 Å². The number of H-pyrrole nitrogens is 1. The average Bonchev–Trinajstić information content (AvgIpc) is 2.97. The molecule has 0 saturated heterocycles. The molecule has 1 atom stereocenters. The van der Waals surface area contributed by atoms with Gasteiger partial charge in [-0.1, -0.05) is 5.21 Å². The Morgan fingerprint density at radius 2 is 2.47 bits per heavy atom. The van der Waals surface area contributed by atoms with Crippen molar-refractivity contribution in [3.8, 4) is 0 Å². The van der Waals surface area contributed by atoms with E-state index in [2.05, 4.69) is 25.6 Å². The van der Waals surface area contributed by atoms with Gasteiger partial charge in [0.1, 0.15) is 5.82 Å². The second-order valence-electron chi connectivity index (χ2n) is 3.77. The minimum absolute atomic E-state index is 0.0685. The molecule has 0 radical (unpaired) electrons. The van der Waals surface area contributed by atoms with E-state index in [-0.39, 0.29) is 12.6 Å². The van der Waals surface area contributed by atoms with E-state index in [0.717, 1.165) is 11.5 Å². The van der Waals surface area contributed by atoms with E-state index in [9.17, 15) is 0 Å². The SMILES string of the molecule is CC(NCc1cn(CCO)nn1)c1ncc[nH]1. The van der Waals surface area contributed by atoms with E-state index in [0.29, 0.717) is 13.1 Å². The number of imidazole rings is 1. The zero-order valence-electron chi connectivity index (χ0n) is 9.67. The van der Waals surface area contributed by atoms with Gasteiger partial charge in [0.05, 0.1) is 24.9 Å². The highest BCUT2D eigenvalue weighted by Gasteiger charge is 2.08. The van der Waals surface area contributed by atoms with Crippen LogP contribution in [0.15, 0.2) is 18.6 Å². The second-order valence-corrected chi connectivity index (χ2v) is 3.77.